The zero-order valence-corrected chi connectivity index (χ0v) is 11.5. The lowest BCUT2D eigenvalue weighted by Crippen LogP contribution is -2.41. The van der Waals surface area contributed by atoms with Crippen LogP contribution in [0.3, 0.4) is 0 Å². The Balaban J connectivity index is 2.72. The van der Waals surface area contributed by atoms with Crippen molar-refractivity contribution in [1.82, 2.24) is 5.32 Å². The first-order chi connectivity index (χ1) is 8.56. The Morgan fingerprint density at radius 2 is 1.83 bits per heavy atom. The minimum absolute atomic E-state index is 0.0455. The fourth-order valence-electron chi connectivity index (χ4n) is 2.05. The number of halogens is 1. The fraction of sp³-hybridized carbons (Fsp3) is 0.600. The van der Waals surface area contributed by atoms with Crippen LogP contribution in [-0.4, -0.2) is 17.3 Å². The highest BCUT2D eigenvalue weighted by Crippen LogP contribution is 2.21. The van der Waals surface area contributed by atoms with Gasteiger partial charge in [-0.25, -0.2) is 4.39 Å². The van der Waals surface area contributed by atoms with Crippen LogP contribution in [0.2, 0.25) is 0 Å². The van der Waals surface area contributed by atoms with Gasteiger partial charge in [0.1, 0.15) is 5.82 Å². The summed E-state index contributed by atoms with van der Waals surface area (Å²) in [6, 6.07) is 6.77. The Hall–Kier alpha value is -0.930. The predicted molar refractivity (Wildman–Crippen MR) is 73.0 cm³/mol. The van der Waals surface area contributed by atoms with Gasteiger partial charge in [0, 0.05) is 18.2 Å². The van der Waals surface area contributed by atoms with Crippen LogP contribution in [0.4, 0.5) is 4.39 Å². The van der Waals surface area contributed by atoms with Crippen molar-refractivity contribution in [3.63, 3.8) is 0 Å². The van der Waals surface area contributed by atoms with Crippen LogP contribution in [0.5, 0.6) is 0 Å². The first kappa shape index (κ1) is 15.1. The minimum Gasteiger partial charge on any atom is -0.389 e. The number of benzene rings is 1. The number of hydrogen-bond acceptors (Lipinski definition) is 2. The van der Waals surface area contributed by atoms with Crippen molar-refractivity contribution < 1.29 is 9.50 Å². The van der Waals surface area contributed by atoms with Gasteiger partial charge in [-0.2, -0.15) is 0 Å². The standard InChI is InChI=1S/C15H24FNO/c1-4-14(12-9-7-8-10-13(12)16)17-11-15(18,5-2)6-3/h7-10,14,17-18H,4-6,11H2,1-3H3. The van der Waals surface area contributed by atoms with Gasteiger partial charge in [0.25, 0.3) is 0 Å². The molecule has 102 valence electrons. The first-order valence-corrected chi connectivity index (χ1v) is 6.76. The molecular weight excluding hydrogens is 229 g/mol. The zero-order chi connectivity index (χ0) is 13.6. The Labute approximate surface area is 109 Å². The van der Waals surface area contributed by atoms with Gasteiger partial charge in [0.2, 0.25) is 0 Å². The summed E-state index contributed by atoms with van der Waals surface area (Å²) in [5.74, 6) is -0.187. The Kier molecular flexibility index (Phi) is 5.76. The largest absolute Gasteiger partial charge is 0.389 e. The van der Waals surface area contributed by atoms with Crippen LogP contribution < -0.4 is 5.32 Å². The molecule has 18 heavy (non-hydrogen) atoms. The summed E-state index contributed by atoms with van der Waals surface area (Å²) in [7, 11) is 0. The van der Waals surface area contributed by atoms with E-state index in [2.05, 4.69) is 5.32 Å². The maximum atomic E-state index is 13.7. The van der Waals surface area contributed by atoms with Crippen molar-refractivity contribution in [2.75, 3.05) is 6.54 Å². The molecule has 1 atom stereocenters. The fourth-order valence-corrected chi connectivity index (χ4v) is 2.05. The molecule has 0 aromatic heterocycles. The van der Waals surface area contributed by atoms with E-state index in [1.54, 1.807) is 12.1 Å². The third kappa shape index (κ3) is 3.79. The maximum absolute atomic E-state index is 13.7. The molecule has 1 rings (SSSR count). The summed E-state index contributed by atoms with van der Waals surface area (Å²) in [6.07, 6.45) is 2.19. The second-order valence-corrected chi connectivity index (χ2v) is 4.79. The SMILES string of the molecule is CCC(NCC(O)(CC)CC)c1ccccc1F. The molecule has 1 unspecified atom stereocenters. The van der Waals surface area contributed by atoms with Gasteiger partial charge in [0.05, 0.1) is 5.60 Å². The molecule has 0 amide bonds. The van der Waals surface area contributed by atoms with Gasteiger partial charge in [-0.3, -0.25) is 0 Å². The van der Waals surface area contributed by atoms with Crippen molar-refractivity contribution in [3.8, 4) is 0 Å². The molecular formula is C15H24FNO. The number of aliphatic hydroxyl groups is 1. The second kappa shape index (κ2) is 6.86. The molecule has 0 spiro atoms. The molecule has 0 aliphatic heterocycles. The maximum Gasteiger partial charge on any atom is 0.127 e. The van der Waals surface area contributed by atoms with Gasteiger partial charge in [-0.05, 0) is 25.3 Å². The summed E-state index contributed by atoms with van der Waals surface area (Å²) in [5.41, 5.74) is -0.0202. The highest BCUT2D eigenvalue weighted by Gasteiger charge is 2.24. The van der Waals surface area contributed by atoms with Crippen molar-refractivity contribution in [3.05, 3.63) is 35.6 Å². The number of hydrogen-bond donors (Lipinski definition) is 2. The van der Waals surface area contributed by atoms with Crippen LogP contribution in [0.25, 0.3) is 0 Å². The van der Waals surface area contributed by atoms with Crippen molar-refractivity contribution >= 4 is 0 Å². The van der Waals surface area contributed by atoms with Crippen molar-refractivity contribution in [2.45, 2.75) is 51.7 Å². The van der Waals surface area contributed by atoms with E-state index in [4.69, 9.17) is 0 Å². The van der Waals surface area contributed by atoms with Gasteiger partial charge >= 0.3 is 0 Å². The van der Waals surface area contributed by atoms with Crippen LogP contribution in [0.15, 0.2) is 24.3 Å². The average Bonchev–Trinajstić information content (AvgIpc) is 2.41. The zero-order valence-electron chi connectivity index (χ0n) is 11.5. The Morgan fingerprint density at radius 1 is 1.22 bits per heavy atom. The van der Waals surface area contributed by atoms with E-state index in [1.165, 1.54) is 6.07 Å². The van der Waals surface area contributed by atoms with E-state index in [9.17, 15) is 9.50 Å². The third-order valence-corrected chi connectivity index (χ3v) is 3.68. The summed E-state index contributed by atoms with van der Waals surface area (Å²) < 4.78 is 13.7. The van der Waals surface area contributed by atoms with E-state index in [0.29, 0.717) is 24.9 Å². The molecule has 0 saturated carbocycles. The van der Waals surface area contributed by atoms with Gasteiger partial charge in [-0.15, -0.1) is 0 Å². The lowest BCUT2D eigenvalue weighted by atomic mass is 9.96. The number of nitrogens with one attached hydrogen (secondary N) is 1. The minimum atomic E-state index is -0.696. The molecule has 0 heterocycles. The molecule has 3 heteroatoms. The molecule has 2 N–H and O–H groups in total. The second-order valence-electron chi connectivity index (χ2n) is 4.79. The van der Waals surface area contributed by atoms with Crippen molar-refractivity contribution in [1.29, 1.82) is 0 Å². The van der Waals surface area contributed by atoms with Crippen LogP contribution >= 0.6 is 0 Å². The highest BCUT2D eigenvalue weighted by atomic mass is 19.1. The quantitative estimate of drug-likeness (QED) is 0.780. The molecule has 0 fully saturated rings. The van der Waals surface area contributed by atoms with Crippen LogP contribution in [-0.2, 0) is 0 Å². The average molecular weight is 253 g/mol. The molecule has 0 aliphatic rings. The smallest absolute Gasteiger partial charge is 0.127 e. The van der Waals surface area contributed by atoms with E-state index in [1.807, 2.05) is 26.8 Å². The van der Waals surface area contributed by atoms with E-state index < -0.39 is 5.60 Å². The summed E-state index contributed by atoms with van der Waals surface area (Å²) in [5, 5.41) is 13.5. The molecule has 1 aromatic carbocycles. The van der Waals surface area contributed by atoms with E-state index in [-0.39, 0.29) is 11.9 Å². The number of rotatable bonds is 7. The van der Waals surface area contributed by atoms with Crippen LogP contribution in [0.1, 0.15) is 51.6 Å². The normalized spacial score (nSPS) is 13.6. The Morgan fingerprint density at radius 3 is 2.33 bits per heavy atom. The molecule has 0 saturated heterocycles. The van der Waals surface area contributed by atoms with Gasteiger partial charge < -0.3 is 10.4 Å². The summed E-state index contributed by atoms with van der Waals surface area (Å²) in [6.45, 7) is 6.44. The third-order valence-electron chi connectivity index (χ3n) is 3.68. The van der Waals surface area contributed by atoms with E-state index in [0.717, 1.165) is 6.42 Å². The monoisotopic (exact) mass is 253 g/mol. The molecule has 0 bridgehead atoms. The topological polar surface area (TPSA) is 32.3 Å². The molecule has 0 radical (unpaired) electrons. The van der Waals surface area contributed by atoms with Gasteiger partial charge in [-0.1, -0.05) is 39.0 Å². The lowest BCUT2D eigenvalue weighted by molar-refractivity contribution is 0.0296. The molecule has 0 aliphatic carbocycles. The lowest BCUT2D eigenvalue weighted by Gasteiger charge is -2.28. The Bertz CT molecular complexity index is 363. The van der Waals surface area contributed by atoms with E-state index >= 15 is 0 Å². The highest BCUT2D eigenvalue weighted by molar-refractivity contribution is 5.21. The van der Waals surface area contributed by atoms with Crippen LogP contribution in [0, 0.1) is 5.82 Å². The predicted octanol–water partition coefficient (Wildman–Crippen LogP) is 3.42. The molecule has 1 aromatic rings. The first-order valence-electron chi connectivity index (χ1n) is 6.76. The molecule has 2 nitrogen and oxygen atoms in total. The summed E-state index contributed by atoms with van der Waals surface area (Å²) >= 11 is 0. The summed E-state index contributed by atoms with van der Waals surface area (Å²) in [4.78, 5) is 0. The van der Waals surface area contributed by atoms with Crippen molar-refractivity contribution in [2.24, 2.45) is 0 Å². The van der Waals surface area contributed by atoms with Gasteiger partial charge in [0.15, 0.2) is 0 Å².